The van der Waals surface area contributed by atoms with Gasteiger partial charge < -0.3 is 9.80 Å². The molecular formula is C54H39ClN2. The summed E-state index contributed by atoms with van der Waals surface area (Å²) in [6, 6.07) is 83.2. The van der Waals surface area contributed by atoms with Crippen molar-refractivity contribution in [2.75, 3.05) is 9.80 Å². The smallest absolute Gasteiger partial charge is 0.0887 e. The van der Waals surface area contributed by atoms with Crippen molar-refractivity contribution >= 4 is 45.7 Å². The second kappa shape index (κ2) is 16.3. The fraction of sp³-hybridized carbons (Fsp3) is 0. The molecule has 3 heteroatoms. The first-order valence-electron chi connectivity index (χ1n) is 19.2. The van der Waals surface area contributed by atoms with E-state index in [0.717, 1.165) is 78.6 Å². The van der Waals surface area contributed by atoms with Crippen LogP contribution in [-0.2, 0) is 0 Å². The number of anilines is 6. The SMILES string of the molecule is Clc1c(N(c2cccc(-c3ccccc3)c2)c2cccc(-c3ccccc3)c2)cccc1N(c1cccc(-c2ccccc2)c1)c1cccc(-c2ccccc2)c1. The number of nitrogens with zero attached hydrogens (tertiary/aromatic N) is 2. The summed E-state index contributed by atoms with van der Waals surface area (Å²) in [5.41, 5.74) is 14.9. The molecule has 0 spiro atoms. The molecule has 0 amide bonds. The van der Waals surface area contributed by atoms with Gasteiger partial charge in [-0.1, -0.05) is 188 Å². The van der Waals surface area contributed by atoms with E-state index < -0.39 is 0 Å². The quantitative estimate of drug-likeness (QED) is 0.137. The highest BCUT2D eigenvalue weighted by atomic mass is 35.5. The second-order valence-electron chi connectivity index (χ2n) is 13.9. The number of hydrogen-bond donors (Lipinski definition) is 0. The van der Waals surface area contributed by atoms with Crippen LogP contribution in [0.1, 0.15) is 0 Å². The zero-order valence-electron chi connectivity index (χ0n) is 31.3. The maximum atomic E-state index is 7.84. The van der Waals surface area contributed by atoms with Crippen LogP contribution in [0.4, 0.5) is 34.1 Å². The molecule has 0 bridgehead atoms. The predicted octanol–water partition coefficient (Wildman–Crippen LogP) is 15.9. The Labute approximate surface area is 340 Å². The Kier molecular flexibility index (Phi) is 10.2. The Morgan fingerprint density at radius 1 is 0.228 bits per heavy atom. The number of benzene rings is 9. The standard InChI is InChI=1S/C54H39ClN2/c55-54-52(56(48-30-13-26-44(36-48)40-18-5-1-6-19-40)49-31-14-27-45(37-49)41-20-7-2-8-21-41)34-17-35-53(54)57(50-32-15-28-46(38-50)42-22-9-3-10-23-42)51-33-16-29-47(39-51)43-24-11-4-12-25-43/h1-39H. The Morgan fingerprint density at radius 2 is 0.456 bits per heavy atom. The van der Waals surface area contributed by atoms with E-state index in [4.69, 9.17) is 11.6 Å². The maximum absolute atomic E-state index is 7.84. The van der Waals surface area contributed by atoms with Gasteiger partial charge in [0.25, 0.3) is 0 Å². The molecule has 9 aromatic carbocycles. The van der Waals surface area contributed by atoms with Gasteiger partial charge in [0.15, 0.2) is 0 Å². The van der Waals surface area contributed by atoms with E-state index in [1.165, 1.54) is 0 Å². The predicted molar refractivity (Wildman–Crippen MR) is 243 cm³/mol. The molecule has 0 saturated carbocycles. The van der Waals surface area contributed by atoms with E-state index in [2.05, 4.69) is 246 Å². The van der Waals surface area contributed by atoms with Crippen LogP contribution < -0.4 is 9.80 Å². The minimum atomic E-state index is 0.628. The summed E-state index contributed by atoms with van der Waals surface area (Å²) in [5, 5.41) is 0.628. The van der Waals surface area contributed by atoms with Crippen LogP contribution in [0.25, 0.3) is 44.5 Å². The molecule has 9 rings (SSSR count). The molecule has 9 aromatic rings. The number of rotatable bonds is 10. The van der Waals surface area contributed by atoms with Crippen molar-refractivity contribution in [2.45, 2.75) is 0 Å². The van der Waals surface area contributed by atoms with Gasteiger partial charge in [0, 0.05) is 22.7 Å². The highest BCUT2D eigenvalue weighted by Gasteiger charge is 2.23. The molecule has 0 atom stereocenters. The Balaban J connectivity index is 1.24. The van der Waals surface area contributed by atoms with Crippen LogP contribution in [0.15, 0.2) is 237 Å². The summed E-state index contributed by atoms with van der Waals surface area (Å²) in [6.07, 6.45) is 0. The highest BCUT2D eigenvalue weighted by Crippen LogP contribution is 2.48. The third-order valence-electron chi connectivity index (χ3n) is 10.3. The van der Waals surface area contributed by atoms with Crippen molar-refractivity contribution < 1.29 is 0 Å². The molecule has 2 nitrogen and oxygen atoms in total. The summed E-state index contributed by atoms with van der Waals surface area (Å²) in [6.45, 7) is 0. The first-order valence-corrected chi connectivity index (χ1v) is 19.6. The van der Waals surface area contributed by atoms with E-state index >= 15 is 0 Å². The minimum Gasteiger partial charge on any atom is -0.309 e. The van der Waals surface area contributed by atoms with Gasteiger partial charge in [-0.3, -0.25) is 0 Å². The third kappa shape index (κ3) is 7.60. The van der Waals surface area contributed by atoms with Gasteiger partial charge in [-0.25, -0.2) is 0 Å². The molecular weight excluding hydrogens is 712 g/mol. The van der Waals surface area contributed by atoms with Gasteiger partial charge >= 0.3 is 0 Å². The van der Waals surface area contributed by atoms with Crippen LogP contribution in [-0.4, -0.2) is 0 Å². The molecule has 0 aromatic heterocycles. The molecule has 0 heterocycles. The lowest BCUT2D eigenvalue weighted by atomic mass is 10.0. The third-order valence-corrected chi connectivity index (χ3v) is 10.7. The fourth-order valence-electron chi connectivity index (χ4n) is 7.53. The zero-order valence-corrected chi connectivity index (χ0v) is 32.0. The first kappa shape index (κ1) is 35.6. The molecule has 0 radical (unpaired) electrons. The minimum absolute atomic E-state index is 0.628. The van der Waals surface area contributed by atoms with Crippen molar-refractivity contribution in [2.24, 2.45) is 0 Å². The van der Waals surface area contributed by atoms with Crippen molar-refractivity contribution in [1.29, 1.82) is 0 Å². The Hall–Kier alpha value is -7.13. The molecule has 0 aliphatic rings. The number of hydrogen-bond acceptors (Lipinski definition) is 2. The van der Waals surface area contributed by atoms with Crippen LogP contribution in [0.2, 0.25) is 5.02 Å². The largest absolute Gasteiger partial charge is 0.309 e. The molecule has 0 aliphatic carbocycles. The van der Waals surface area contributed by atoms with Gasteiger partial charge in [0.2, 0.25) is 0 Å². The molecule has 0 unspecified atom stereocenters. The molecule has 0 saturated heterocycles. The van der Waals surface area contributed by atoms with Crippen LogP contribution in [0, 0.1) is 0 Å². The molecule has 0 fully saturated rings. The van der Waals surface area contributed by atoms with Crippen LogP contribution in [0.3, 0.4) is 0 Å². The highest BCUT2D eigenvalue weighted by molar-refractivity contribution is 6.36. The molecule has 0 N–H and O–H groups in total. The lowest BCUT2D eigenvalue weighted by Gasteiger charge is -2.31. The second-order valence-corrected chi connectivity index (χ2v) is 14.3. The lowest BCUT2D eigenvalue weighted by Crippen LogP contribution is -2.14. The van der Waals surface area contributed by atoms with Crippen molar-refractivity contribution in [1.82, 2.24) is 0 Å². The van der Waals surface area contributed by atoms with Gasteiger partial charge in [0.05, 0.1) is 16.4 Å². The van der Waals surface area contributed by atoms with E-state index in [9.17, 15) is 0 Å². The normalized spacial score (nSPS) is 10.9. The summed E-state index contributed by atoms with van der Waals surface area (Å²) in [7, 11) is 0. The maximum Gasteiger partial charge on any atom is 0.0887 e. The van der Waals surface area contributed by atoms with Crippen molar-refractivity contribution in [3.8, 4) is 44.5 Å². The van der Waals surface area contributed by atoms with Crippen LogP contribution in [0.5, 0.6) is 0 Å². The summed E-state index contributed by atoms with van der Waals surface area (Å²) in [4.78, 5) is 4.56. The van der Waals surface area contributed by atoms with E-state index in [0.29, 0.717) is 5.02 Å². The van der Waals surface area contributed by atoms with Crippen molar-refractivity contribution in [3.63, 3.8) is 0 Å². The first-order chi connectivity index (χ1) is 28.2. The lowest BCUT2D eigenvalue weighted by molar-refractivity contribution is 1.25. The van der Waals surface area contributed by atoms with Gasteiger partial charge in [0.1, 0.15) is 0 Å². The van der Waals surface area contributed by atoms with Gasteiger partial charge in [-0.15, -0.1) is 0 Å². The zero-order chi connectivity index (χ0) is 38.4. The fourth-order valence-corrected chi connectivity index (χ4v) is 7.82. The van der Waals surface area contributed by atoms with E-state index in [1.54, 1.807) is 0 Å². The summed E-state index contributed by atoms with van der Waals surface area (Å²) < 4.78 is 0. The average Bonchev–Trinajstić information content (AvgIpc) is 3.29. The Bertz CT molecular complexity index is 2390. The topological polar surface area (TPSA) is 6.48 Å². The molecule has 57 heavy (non-hydrogen) atoms. The molecule has 0 aliphatic heterocycles. The van der Waals surface area contributed by atoms with Crippen molar-refractivity contribution in [3.05, 3.63) is 242 Å². The van der Waals surface area contributed by atoms with Crippen LogP contribution >= 0.6 is 11.6 Å². The van der Waals surface area contributed by atoms with E-state index in [-0.39, 0.29) is 0 Å². The monoisotopic (exact) mass is 750 g/mol. The van der Waals surface area contributed by atoms with Gasteiger partial charge in [-0.2, -0.15) is 0 Å². The number of halogens is 1. The van der Waals surface area contributed by atoms with E-state index in [1.807, 2.05) is 0 Å². The molecule has 272 valence electrons. The summed E-state index contributed by atoms with van der Waals surface area (Å²) in [5.74, 6) is 0. The Morgan fingerprint density at radius 3 is 0.719 bits per heavy atom. The van der Waals surface area contributed by atoms with Gasteiger partial charge in [-0.05, 0) is 105 Å². The summed E-state index contributed by atoms with van der Waals surface area (Å²) >= 11 is 7.84. The average molecular weight is 751 g/mol.